The third-order valence-corrected chi connectivity index (χ3v) is 4.22. The molecule has 0 aliphatic rings. The van der Waals surface area contributed by atoms with Crippen LogP contribution in [0.1, 0.15) is 5.56 Å². The van der Waals surface area contributed by atoms with Crippen LogP contribution in [0.15, 0.2) is 53.4 Å². The van der Waals surface area contributed by atoms with Crippen molar-refractivity contribution in [1.82, 2.24) is 4.72 Å². The Hall–Kier alpha value is -2.76. The predicted octanol–water partition coefficient (Wildman–Crippen LogP) is 2.06. The first kappa shape index (κ1) is 16.6. The van der Waals surface area contributed by atoms with Crippen LogP contribution in [0, 0.1) is 27.8 Å². The number of rotatable bonds is 4. The van der Waals surface area contributed by atoms with E-state index in [1.54, 1.807) is 6.07 Å². The molecule has 0 aliphatic heterocycles. The van der Waals surface area contributed by atoms with E-state index in [2.05, 4.69) is 16.6 Å². The number of nitrogens with zero attached hydrogens (tertiary/aromatic N) is 1. The molecule has 0 radical (unpaired) electrons. The highest BCUT2D eigenvalue weighted by molar-refractivity contribution is 7.89. The Balaban J connectivity index is 2.05. The lowest BCUT2D eigenvalue weighted by molar-refractivity contribution is -0.384. The summed E-state index contributed by atoms with van der Waals surface area (Å²) >= 11 is 0. The van der Waals surface area contributed by atoms with Crippen LogP contribution < -0.4 is 4.72 Å². The van der Waals surface area contributed by atoms with Gasteiger partial charge >= 0.3 is 0 Å². The Labute approximate surface area is 132 Å². The molecule has 0 unspecified atom stereocenters. The van der Waals surface area contributed by atoms with Crippen molar-refractivity contribution >= 4 is 15.7 Å². The van der Waals surface area contributed by atoms with Crippen molar-refractivity contribution in [2.24, 2.45) is 0 Å². The smallest absolute Gasteiger partial charge is 0.258 e. The number of nitrogens with one attached hydrogen (secondary N) is 1. The molecule has 2 aromatic carbocycles. The Kier molecular flexibility index (Phi) is 5.05. The van der Waals surface area contributed by atoms with Crippen molar-refractivity contribution in [3.63, 3.8) is 0 Å². The van der Waals surface area contributed by atoms with Crippen LogP contribution in [0.25, 0.3) is 0 Å². The second-order valence-corrected chi connectivity index (χ2v) is 6.12. The molecule has 0 atom stereocenters. The van der Waals surface area contributed by atoms with Crippen LogP contribution in [0.3, 0.4) is 0 Å². The van der Waals surface area contributed by atoms with Gasteiger partial charge in [0.1, 0.15) is 5.82 Å². The Morgan fingerprint density at radius 1 is 1.13 bits per heavy atom. The number of hydrogen-bond donors (Lipinski definition) is 1. The summed E-state index contributed by atoms with van der Waals surface area (Å²) in [6.45, 7) is -0.215. The van der Waals surface area contributed by atoms with E-state index >= 15 is 0 Å². The summed E-state index contributed by atoms with van der Waals surface area (Å²) in [7, 11) is -3.84. The summed E-state index contributed by atoms with van der Waals surface area (Å²) in [5.74, 6) is 4.54. The molecule has 0 spiro atoms. The lowest BCUT2D eigenvalue weighted by atomic mass is 10.2. The van der Waals surface area contributed by atoms with Crippen molar-refractivity contribution < 1.29 is 17.7 Å². The largest absolute Gasteiger partial charge is 0.269 e. The van der Waals surface area contributed by atoms with E-state index in [9.17, 15) is 22.9 Å². The van der Waals surface area contributed by atoms with E-state index in [-0.39, 0.29) is 22.7 Å². The standard InChI is InChI=1S/C15H11FN2O4S/c16-15-6-2-1-4-12(15)5-3-11-17-23(21,22)14-9-7-13(8-10-14)18(19)20/h1-2,4,6-10,17H,11H2. The zero-order valence-electron chi connectivity index (χ0n) is 11.7. The summed E-state index contributed by atoms with van der Waals surface area (Å²) in [6.07, 6.45) is 0. The fraction of sp³-hybridized carbons (Fsp3) is 0.0667. The van der Waals surface area contributed by atoms with Crippen LogP contribution in [-0.4, -0.2) is 19.9 Å². The molecule has 0 saturated heterocycles. The normalized spacial score (nSPS) is 10.7. The maximum atomic E-state index is 13.3. The predicted molar refractivity (Wildman–Crippen MR) is 81.6 cm³/mol. The van der Waals surface area contributed by atoms with E-state index in [0.717, 1.165) is 24.3 Å². The summed E-state index contributed by atoms with van der Waals surface area (Å²) < 4.78 is 39.5. The molecule has 0 aromatic heterocycles. The van der Waals surface area contributed by atoms with Gasteiger partial charge in [0.2, 0.25) is 10.0 Å². The maximum Gasteiger partial charge on any atom is 0.269 e. The van der Waals surface area contributed by atoms with Crippen molar-refractivity contribution in [2.75, 3.05) is 6.54 Å². The molecular weight excluding hydrogens is 323 g/mol. The highest BCUT2D eigenvalue weighted by atomic mass is 32.2. The molecule has 23 heavy (non-hydrogen) atoms. The van der Waals surface area contributed by atoms with Gasteiger partial charge in [0.05, 0.1) is 21.9 Å². The number of sulfonamides is 1. The minimum Gasteiger partial charge on any atom is -0.258 e. The number of non-ortho nitro benzene ring substituents is 1. The monoisotopic (exact) mass is 334 g/mol. The fourth-order valence-electron chi connectivity index (χ4n) is 1.66. The molecule has 118 valence electrons. The second-order valence-electron chi connectivity index (χ2n) is 4.36. The third kappa shape index (κ3) is 4.35. The van der Waals surface area contributed by atoms with Gasteiger partial charge in [-0.05, 0) is 24.3 Å². The van der Waals surface area contributed by atoms with Crippen LogP contribution in [0.5, 0.6) is 0 Å². The molecule has 0 amide bonds. The molecule has 0 heterocycles. The highest BCUT2D eigenvalue weighted by Crippen LogP contribution is 2.15. The highest BCUT2D eigenvalue weighted by Gasteiger charge is 2.14. The molecule has 0 fully saturated rings. The van der Waals surface area contributed by atoms with Gasteiger partial charge in [-0.3, -0.25) is 10.1 Å². The van der Waals surface area contributed by atoms with Gasteiger partial charge in [-0.25, -0.2) is 12.8 Å². The Bertz CT molecular complexity index is 884. The zero-order valence-corrected chi connectivity index (χ0v) is 12.5. The first-order chi connectivity index (χ1) is 10.9. The number of nitro benzene ring substituents is 1. The summed E-state index contributed by atoms with van der Waals surface area (Å²) in [6, 6.07) is 10.3. The molecule has 8 heteroatoms. The van der Waals surface area contributed by atoms with Gasteiger partial charge in [0.25, 0.3) is 5.69 Å². The van der Waals surface area contributed by atoms with Gasteiger partial charge in [-0.2, -0.15) is 4.72 Å². The molecule has 2 aromatic rings. The van der Waals surface area contributed by atoms with Gasteiger partial charge in [0.15, 0.2) is 0 Å². The fourth-order valence-corrected chi connectivity index (χ4v) is 2.59. The number of nitro groups is 1. The van der Waals surface area contributed by atoms with Crippen LogP contribution in [0.2, 0.25) is 0 Å². The zero-order chi connectivity index (χ0) is 16.9. The summed E-state index contributed by atoms with van der Waals surface area (Å²) in [5.41, 5.74) is -0.0367. The third-order valence-electron chi connectivity index (χ3n) is 2.81. The second kappa shape index (κ2) is 7.00. The summed E-state index contributed by atoms with van der Waals surface area (Å²) in [5, 5.41) is 10.5. The molecule has 2 rings (SSSR count). The van der Waals surface area contributed by atoms with Crippen molar-refractivity contribution in [3.8, 4) is 11.8 Å². The van der Waals surface area contributed by atoms with Crippen molar-refractivity contribution in [3.05, 3.63) is 70.0 Å². The number of halogens is 1. The van der Waals surface area contributed by atoms with Gasteiger partial charge in [-0.15, -0.1) is 0 Å². The minimum absolute atomic E-state index is 0.115. The average molecular weight is 334 g/mol. The van der Waals surface area contributed by atoms with E-state index in [4.69, 9.17) is 0 Å². The van der Waals surface area contributed by atoms with Crippen LogP contribution in [-0.2, 0) is 10.0 Å². The van der Waals surface area contributed by atoms with Gasteiger partial charge in [-0.1, -0.05) is 24.0 Å². The van der Waals surface area contributed by atoms with E-state index in [0.29, 0.717) is 0 Å². The Morgan fingerprint density at radius 2 is 1.78 bits per heavy atom. The molecular formula is C15H11FN2O4S. The average Bonchev–Trinajstić information content (AvgIpc) is 2.53. The van der Waals surface area contributed by atoms with Gasteiger partial charge in [0, 0.05) is 12.1 Å². The molecule has 0 saturated carbocycles. The minimum atomic E-state index is -3.84. The number of hydrogen-bond acceptors (Lipinski definition) is 4. The quantitative estimate of drug-likeness (QED) is 0.526. The summed E-state index contributed by atoms with van der Waals surface area (Å²) in [4.78, 5) is 9.79. The van der Waals surface area contributed by atoms with E-state index in [1.165, 1.54) is 18.2 Å². The molecule has 6 nitrogen and oxygen atoms in total. The van der Waals surface area contributed by atoms with Crippen LogP contribution >= 0.6 is 0 Å². The lowest BCUT2D eigenvalue weighted by Crippen LogP contribution is -2.24. The van der Waals surface area contributed by atoms with E-state index in [1.807, 2.05) is 0 Å². The maximum absolute atomic E-state index is 13.3. The molecule has 1 N–H and O–H groups in total. The van der Waals surface area contributed by atoms with Crippen LogP contribution in [0.4, 0.5) is 10.1 Å². The first-order valence-corrected chi connectivity index (χ1v) is 7.86. The van der Waals surface area contributed by atoms with Gasteiger partial charge < -0.3 is 0 Å². The van der Waals surface area contributed by atoms with E-state index < -0.39 is 20.8 Å². The lowest BCUT2D eigenvalue weighted by Gasteiger charge is -2.03. The number of benzene rings is 2. The SMILES string of the molecule is O=[N+]([O-])c1ccc(S(=O)(=O)NCC#Cc2ccccc2F)cc1. The Morgan fingerprint density at radius 3 is 2.39 bits per heavy atom. The van der Waals surface area contributed by atoms with Crippen molar-refractivity contribution in [2.45, 2.75) is 4.90 Å². The van der Waals surface area contributed by atoms with Crippen molar-refractivity contribution in [1.29, 1.82) is 0 Å². The molecule has 0 aliphatic carbocycles. The molecule has 0 bridgehead atoms. The first-order valence-electron chi connectivity index (χ1n) is 6.38. The topological polar surface area (TPSA) is 89.3 Å².